The van der Waals surface area contributed by atoms with Gasteiger partial charge in [-0.1, -0.05) is 37.6 Å². The molecule has 0 aromatic carbocycles. The molecule has 0 heterocycles. The van der Waals surface area contributed by atoms with Gasteiger partial charge in [0.1, 0.15) is 5.78 Å². The smallest absolute Gasteiger partial charge is 0.150 e. The van der Waals surface area contributed by atoms with Crippen LogP contribution in [-0.4, -0.2) is 34.2 Å². The Morgan fingerprint density at radius 2 is 1.96 bits per heavy atom. The third kappa shape index (κ3) is 1.92. The van der Waals surface area contributed by atoms with E-state index < -0.39 is 12.2 Å². The van der Waals surface area contributed by atoms with Crippen LogP contribution in [0.3, 0.4) is 0 Å². The largest absolute Gasteiger partial charge is 0.389 e. The van der Waals surface area contributed by atoms with Gasteiger partial charge < -0.3 is 15.9 Å². The van der Waals surface area contributed by atoms with Crippen LogP contribution in [0.2, 0.25) is 0 Å². The molecule has 2 saturated carbocycles. The first-order valence-electron chi connectivity index (χ1n) is 8.82. The highest BCUT2D eigenvalue weighted by Gasteiger charge is 2.61. The van der Waals surface area contributed by atoms with Crippen molar-refractivity contribution in [3.05, 3.63) is 23.8 Å². The average Bonchev–Trinajstić information content (AvgIpc) is 2.73. The van der Waals surface area contributed by atoms with Crippen molar-refractivity contribution in [2.75, 3.05) is 0 Å². The summed E-state index contributed by atoms with van der Waals surface area (Å²) in [5, 5.41) is 20.8. The molecule has 4 nitrogen and oxygen atoms in total. The quantitative estimate of drug-likeness (QED) is 0.592. The number of ketones is 1. The van der Waals surface area contributed by atoms with Crippen LogP contribution in [0.15, 0.2) is 23.8 Å². The molecule has 0 saturated heterocycles. The molecule has 4 aliphatic rings. The highest BCUT2D eigenvalue weighted by Crippen LogP contribution is 2.62. The van der Waals surface area contributed by atoms with Gasteiger partial charge in [0.15, 0.2) is 0 Å². The molecule has 8 atom stereocenters. The number of allylic oxidation sites excluding steroid dienone is 1. The number of rotatable bonds is 0. The Hall–Kier alpha value is -0.970. The van der Waals surface area contributed by atoms with Crippen LogP contribution in [0.5, 0.6) is 0 Å². The fourth-order valence-corrected chi connectivity index (χ4v) is 6.06. The number of carbonyl (C=O) groups is 1. The molecule has 3 unspecified atom stereocenters. The lowest BCUT2D eigenvalue weighted by Gasteiger charge is -2.57. The average molecular weight is 317 g/mol. The van der Waals surface area contributed by atoms with Crippen molar-refractivity contribution in [2.24, 2.45) is 34.3 Å². The minimum Gasteiger partial charge on any atom is -0.389 e. The maximum atomic E-state index is 12.3. The Kier molecular flexibility index (Phi) is 3.23. The van der Waals surface area contributed by atoms with E-state index in [1.807, 2.05) is 12.2 Å². The molecule has 0 aliphatic heterocycles. The van der Waals surface area contributed by atoms with Crippen LogP contribution in [0, 0.1) is 28.6 Å². The third-order valence-electron chi connectivity index (χ3n) is 7.57. The number of aliphatic hydroxyl groups is 2. The van der Waals surface area contributed by atoms with Crippen LogP contribution in [0.25, 0.3) is 0 Å². The summed E-state index contributed by atoms with van der Waals surface area (Å²) in [6, 6.07) is -0.387. The van der Waals surface area contributed by atoms with Crippen molar-refractivity contribution in [1.82, 2.24) is 0 Å². The van der Waals surface area contributed by atoms with E-state index in [1.54, 1.807) is 0 Å². The zero-order valence-corrected chi connectivity index (χ0v) is 13.9. The molecule has 0 radical (unpaired) electrons. The van der Waals surface area contributed by atoms with Gasteiger partial charge in [-0.15, -0.1) is 0 Å². The molecule has 2 fully saturated rings. The zero-order chi connectivity index (χ0) is 16.6. The van der Waals surface area contributed by atoms with Crippen LogP contribution in [-0.2, 0) is 4.79 Å². The lowest BCUT2D eigenvalue weighted by Crippen LogP contribution is -2.55. The van der Waals surface area contributed by atoms with E-state index in [-0.39, 0.29) is 34.5 Å². The normalized spacial score (nSPS) is 55.0. The summed E-state index contributed by atoms with van der Waals surface area (Å²) >= 11 is 0. The van der Waals surface area contributed by atoms with Gasteiger partial charge in [-0.25, -0.2) is 0 Å². The van der Waals surface area contributed by atoms with E-state index in [9.17, 15) is 15.0 Å². The van der Waals surface area contributed by atoms with Gasteiger partial charge in [0.2, 0.25) is 0 Å². The summed E-state index contributed by atoms with van der Waals surface area (Å²) in [5.41, 5.74) is 7.08. The number of hydrogen-bond donors (Lipinski definition) is 3. The molecule has 4 heteroatoms. The molecule has 0 bridgehead atoms. The summed E-state index contributed by atoms with van der Waals surface area (Å²) in [6.45, 7) is 4.36. The minimum atomic E-state index is -0.538. The number of hydrogen-bond acceptors (Lipinski definition) is 4. The first-order valence-corrected chi connectivity index (χ1v) is 8.82. The van der Waals surface area contributed by atoms with E-state index in [0.717, 1.165) is 18.4 Å². The van der Waals surface area contributed by atoms with Crippen molar-refractivity contribution in [1.29, 1.82) is 0 Å². The fourth-order valence-electron chi connectivity index (χ4n) is 6.06. The van der Waals surface area contributed by atoms with Crippen LogP contribution < -0.4 is 5.73 Å². The van der Waals surface area contributed by atoms with E-state index in [1.165, 1.54) is 0 Å². The van der Waals surface area contributed by atoms with Crippen LogP contribution >= 0.6 is 0 Å². The Bertz CT molecular complexity index is 612. The highest BCUT2D eigenvalue weighted by atomic mass is 16.3. The summed E-state index contributed by atoms with van der Waals surface area (Å²) in [4.78, 5) is 12.3. The van der Waals surface area contributed by atoms with Crippen LogP contribution in [0.4, 0.5) is 0 Å². The standard InChI is InChI=1S/C19H27NO3/c1-18-5-3-11(21)7-10(18)8-14(22)16-12(18)4-6-19(2)13(16)9-15(23)17(19)20/h3,5,8,11-14,16-17,21-22H,4,6-7,9,20H2,1-2H3/t11?,12-,13+,14?,16-,17?,18+,19+/m1/s1. The molecular formula is C19H27NO3. The lowest BCUT2D eigenvalue weighted by molar-refractivity contribution is -0.119. The van der Waals surface area contributed by atoms with Crippen molar-refractivity contribution in [2.45, 2.75) is 57.8 Å². The topological polar surface area (TPSA) is 83.6 Å². The molecule has 0 spiro atoms. The summed E-state index contributed by atoms with van der Waals surface area (Å²) < 4.78 is 0. The molecule has 0 aromatic heterocycles. The van der Waals surface area contributed by atoms with Gasteiger partial charge in [-0.3, -0.25) is 4.79 Å². The first-order chi connectivity index (χ1) is 10.8. The van der Waals surface area contributed by atoms with E-state index in [2.05, 4.69) is 19.9 Å². The van der Waals surface area contributed by atoms with E-state index in [0.29, 0.717) is 18.8 Å². The van der Waals surface area contributed by atoms with Crippen molar-refractivity contribution < 1.29 is 15.0 Å². The predicted molar refractivity (Wildman–Crippen MR) is 87.4 cm³/mol. The molecule has 126 valence electrons. The Morgan fingerprint density at radius 1 is 1.22 bits per heavy atom. The number of aliphatic hydroxyl groups excluding tert-OH is 2. The third-order valence-corrected chi connectivity index (χ3v) is 7.57. The predicted octanol–water partition coefficient (Wildman–Crippen LogP) is 1.56. The van der Waals surface area contributed by atoms with Gasteiger partial charge in [0, 0.05) is 11.8 Å². The number of nitrogens with two attached hydrogens (primary N) is 1. The number of carbonyl (C=O) groups excluding carboxylic acids is 1. The van der Waals surface area contributed by atoms with Gasteiger partial charge in [-0.05, 0) is 42.4 Å². The van der Waals surface area contributed by atoms with Crippen molar-refractivity contribution in [3.8, 4) is 0 Å². The molecule has 0 aromatic rings. The minimum absolute atomic E-state index is 0.0832. The van der Waals surface area contributed by atoms with Crippen molar-refractivity contribution in [3.63, 3.8) is 0 Å². The van der Waals surface area contributed by atoms with Crippen LogP contribution in [0.1, 0.15) is 39.5 Å². The second-order valence-electron chi connectivity index (χ2n) is 8.58. The lowest BCUT2D eigenvalue weighted by atomic mass is 9.48. The molecule has 4 N–H and O–H groups in total. The molecule has 4 rings (SSSR count). The maximum absolute atomic E-state index is 12.3. The summed E-state index contributed by atoms with van der Waals surface area (Å²) in [5.74, 6) is 0.714. The van der Waals surface area contributed by atoms with Gasteiger partial charge in [0.05, 0.1) is 18.2 Å². The monoisotopic (exact) mass is 317 g/mol. The molecule has 23 heavy (non-hydrogen) atoms. The Morgan fingerprint density at radius 3 is 2.70 bits per heavy atom. The highest BCUT2D eigenvalue weighted by molar-refractivity contribution is 5.87. The number of fused-ring (bicyclic) bond motifs is 5. The Labute approximate surface area is 137 Å². The maximum Gasteiger partial charge on any atom is 0.150 e. The van der Waals surface area contributed by atoms with E-state index >= 15 is 0 Å². The summed E-state index contributed by atoms with van der Waals surface area (Å²) in [7, 11) is 0. The zero-order valence-electron chi connectivity index (χ0n) is 13.9. The van der Waals surface area contributed by atoms with Gasteiger partial charge >= 0.3 is 0 Å². The second kappa shape index (κ2) is 4.78. The second-order valence-corrected chi connectivity index (χ2v) is 8.58. The summed E-state index contributed by atoms with van der Waals surface area (Å²) in [6.07, 6.45) is 8.02. The molecule has 4 aliphatic carbocycles. The van der Waals surface area contributed by atoms with Gasteiger partial charge in [0.25, 0.3) is 0 Å². The molecular weight excluding hydrogens is 290 g/mol. The SMILES string of the molecule is C[C@]12C=CC(O)CC1=CC(O)[C@@H]1[C@H]2CC[C@]2(C)C(N)C(=O)C[C@@H]12. The fraction of sp³-hybridized carbons (Fsp3) is 0.737. The van der Waals surface area contributed by atoms with E-state index in [4.69, 9.17) is 5.73 Å². The first kappa shape index (κ1) is 15.6. The Balaban J connectivity index is 1.78. The molecule has 0 amide bonds. The number of Topliss-reactive ketones (excluding diaryl/α,β-unsaturated/α-hetero) is 1. The van der Waals surface area contributed by atoms with Gasteiger partial charge in [-0.2, -0.15) is 0 Å². The van der Waals surface area contributed by atoms with Crippen molar-refractivity contribution >= 4 is 5.78 Å².